The molecule has 0 N–H and O–H groups in total. The molecule has 0 unspecified atom stereocenters. The van der Waals surface area contributed by atoms with Gasteiger partial charge in [0.25, 0.3) is 0 Å². The molecule has 20 heavy (non-hydrogen) atoms. The summed E-state index contributed by atoms with van der Waals surface area (Å²) >= 11 is 0. The summed E-state index contributed by atoms with van der Waals surface area (Å²) < 4.78 is 18.8. The number of pyridine rings is 1. The minimum Gasteiger partial charge on any atom is -0.354 e. The van der Waals surface area contributed by atoms with Crippen LogP contribution in [0.15, 0.2) is 22.9 Å². The normalized spacial score (nSPS) is 19.3. The second-order valence-corrected chi connectivity index (χ2v) is 5.20. The molecule has 106 valence electrons. The molecule has 6 heteroatoms. The molecule has 1 saturated heterocycles. The van der Waals surface area contributed by atoms with Crippen molar-refractivity contribution in [3.63, 3.8) is 0 Å². The van der Waals surface area contributed by atoms with Gasteiger partial charge in [-0.1, -0.05) is 5.16 Å². The summed E-state index contributed by atoms with van der Waals surface area (Å²) in [4.78, 5) is 10.4. The summed E-state index contributed by atoms with van der Waals surface area (Å²) in [6.07, 6.45) is 4.52. The summed E-state index contributed by atoms with van der Waals surface area (Å²) in [5.41, 5.74) is 0. The molecule has 2 aromatic heterocycles. The van der Waals surface area contributed by atoms with Gasteiger partial charge >= 0.3 is 0 Å². The van der Waals surface area contributed by atoms with Crippen LogP contribution in [0.5, 0.6) is 0 Å². The van der Waals surface area contributed by atoms with E-state index in [9.17, 15) is 4.39 Å². The van der Waals surface area contributed by atoms with E-state index in [1.165, 1.54) is 6.07 Å². The number of halogens is 1. The summed E-state index contributed by atoms with van der Waals surface area (Å²) in [7, 11) is 0. The van der Waals surface area contributed by atoms with Crippen LogP contribution in [0.4, 0.5) is 10.2 Å². The predicted molar refractivity (Wildman–Crippen MR) is 71.9 cm³/mol. The molecule has 3 rings (SSSR count). The van der Waals surface area contributed by atoms with Crippen LogP contribution < -0.4 is 4.90 Å². The highest BCUT2D eigenvalue weighted by Gasteiger charge is 2.24. The van der Waals surface area contributed by atoms with Crippen LogP contribution in [-0.4, -0.2) is 28.2 Å². The SMILES string of the molecule is Cc1nc(C[C@@H]2CCCN(c3ncccc3F)C2)no1. The summed E-state index contributed by atoms with van der Waals surface area (Å²) in [5.74, 6) is 1.91. The fourth-order valence-electron chi connectivity index (χ4n) is 2.72. The number of anilines is 1. The van der Waals surface area contributed by atoms with Crippen molar-refractivity contribution in [3.05, 3.63) is 35.9 Å². The average molecular weight is 276 g/mol. The van der Waals surface area contributed by atoms with Gasteiger partial charge in [-0.05, 0) is 30.9 Å². The fraction of sp³-hybridized carbons (Fsp3) is 0.500. The standard InChI is InChI=1S/C14H17FN4O/c1-10-17-13(18-20-10)8-11-4-3-7-19(9-11)14-12(15)5-2-6-16-14/h2,5-6,11H,3-4,7-9H2,1H3/t11-/m0/s1. The van der Waals surface area contributed by atoms with Crippen LogP contribution in [0.2, 0.25) is 0 Å². The van der Waals surface area contributed by atoms with Gasteiger partial charge in [0.05, 0.1) is 0 Å². The molecule has 2 aromatic rings. The van der Waals surface area contributed by atoms with Crippen LogP contribution >= 0.6 is 0 Å². The predicted octanol–water partition coefficient (Wildman–Crippen LogP) is 2.37. The maximum Gasteiger partial charge on any atom is 0.223 e. The Kier molecular flexibility index (Phi) is 3.62. The molecule has 0 saturated carbocycles. The Morgan fingerprint density at radius 2 is 2.40 bits per heavy atom. The molecular weight excluding hydrogens is 259 g/mol. The number of aryl methyl sites for hydroxylation is 1. The summed E-state index contributed by atoms with van der Waals surface area (Å²) in [5, 5.41) is 3.93. The lowest BCUT2D eigenvalue weighted by Gasteiger charge is -2.33. The van der Waals surface area contributed by atoms with Crippen LogP contribution in [0.1, 0.15) is 24.6 Å². The third-order valence-corrected chi connectivity index (χ3v) is 3.60. The van der Waals surface area contributed by atoms with E-state index < -0.39 is 0 Å². The van der Waals surface area contributed by atoms with Crippen molar-refractivity contribution in [3.8, 4) is 0 Å². The second kappa shape index (κ2) is 5.56. The highest BCUT2D eigenvalue weighted by atomic mass is 19.1. The van der Waals surface area contributed by atoms with E-state index >= 15 is 0 Å². The zero-order valence-corrected chi connectivity index (χ0v) is 11.4. The van der Waals surface area contributed by atoms with Crippen molar-refractivity contribution in [2.75, 3.05) is 18.0 Å². The van der Waals surface area contributed by atoms with Gasteiger partial charge in [-0.15, -0.1) is 0 Å². The fourth-order valence-corrected chi connectivity index (χ4v) is 2.72. The largest absolute Gasteiger partial charge is 0.354 e. The lowest BCUT2D eigenvalue weighted by atomic mass is 9.94. The molecule has 1 aliphatic heterocycles. The highest BCUT2D eigenvalue weighted by Crippen LogP contribution is 2.25. The lowest BCUT2D eigenvalue weighted by molar-refractivity contribution is 0.368. The Hall–Kier alpha value is -1.98. The van der Waals surface area contributed by atoms with Gasteiger partial charge < -0.3 is 9.42 Å². The zero-order valence-electron chi connectivity index (χ0n) is 11.4. The number of aromatic nitrogens is 3. The molecule has 1 aliphatic rings. The van der Waals surface area contributed by atoms with Crippen molar-refractivity contribution in [2.45, 2.75) is 26.2 Å². The maximum atomic E-state index is 13.8. The highest BCUT2D eigenvalue weighted by molar-refractivity contribution is 5.40. The quantitative estimate of drug-likeness (QED) is 0.861. The first-order chi connectivity index (χ1) is 9.72. The topological polar surface area (TPSA) is 55.1 Å². The Bertz CT molecular complexity index is 586. The first-order valence-electron chi connectivity index (χ1n) is 6.87. The number of rotatable bonds is 3. The van der Waals surface area contributed by atoms with E-state index in [0.717, 1.165) is 38.2 Å². The van der Waals surface area contributed by atoms with Crippen LogP contribution in [0, 0.1) is 18.7 Å². The third-order valence-electron chi connectivity index (χ3n) is 3.60. The van der Waals surface area contributed by atoms with E-state index in [0.29, 0.717) is 17.6 Å². The number of piperidine rings is 1. The van der Waals surface area contributed by atoms with Crippen molar-refractivity contribution in [1.29, 1.82) is 0 Å². The van der Waals surface area contributed by atoms with Crippen LogP contribution in [0.3, 0.4) is 0 Å². The summed E-state index contributed by atoms with van der Waals surface area (Å²) in [6, 6.07) is 3.07. The molecule has 1 fully saturated rings. The van der Waals surface area contributed by atoms with Crippen molar-refractivity contribution < 1.29 is 8.91 Å². The van der Waals surface area contributed by atoms with Gasteiger partial charge in [0.2, 0.25) is 5.89 Å². The molecule has 1 atom stereocenters. The Labute approximate surface area is 116 Å². The van der Waals surface area contributed by atoms with E-state index in [1.54, 1.807) is 19.2 Å². The van der Waals surface area contributed by atoms with Gasteiger partial charge in [0.1, 0.15) is 0 Å². The molecule has 0 aliphatic carbocycles. The molecular formula is C14H17FN4O. The molecule has 0 aromatic carbocycles. The van der Waals surface area contributed by atoms with Crippen molar-refractivity contribution in [1.82, 2.24) is 15.1 Å². The molecule has 0 spiro atoms. The molecule has 0 radical (unpaired) electrons. The second-order valence-electron chi connectivity index (χ2n) is 5.20. The number of hydrogen-bond donors (Lipinski definition) is 0. The smallest absolute Gasteiger partial charge is 0.223 e. The minimum atomic E-state index is -0.261. The summed E-state index contributed by atoms with van der Waals surface area (Å²) in [6.45, 7) is 3.41. The number of nitrogens with zero attached hydrogens (tertiary/aromatic N) is 4. The van der Waals surface area contributed by atoms with Gasteiger partial charge in [-0.2, -0.15) is 4.98 Å². The van der Waals surface area contributed by atoms with Gasteiger partial charge in [0.15, 0.2) is 17.5 Å². The zero-order chi connectivity index (χ0) is 13.9. The maximum absolute atomic E-state index is 13.8. The van der Waals surface area contributed by atoms with Gasteiger partial charge in [-0.25, -0.2) is 9.37 Å². The lowest BCUT2D eigenvalue weighted by Crippen LogP contribution is -2.37. The third kappa shape index (κ3) is 2.79. The van der Waals surface area contributed by atoms with E-state index in [4.69, 9.17) is 4.52 Å². The van der Waals surface area contributed by atoms with E-state index in [1.807, 2.05) is 4.90 Å². The number of hydrogen-bond acceptors (Lipinski definition) is 5. The van der Waals surface area contributed by atoms with Gasteiger partial charge in [0, 0.05) is 32.6 Å². The Balaban J connectivity index is 1.69. The Morgan fingerprint density at radius 3 is 3.15 bits per heavy atom. The molecule has 0 bridgehead atoms. The van der Waals surface area contributed by atoms with Crippen molar-refractivity contribution >= 4 is 5.82 Å². The van der Waals surface area contributed by atoms with Crippen LogP contribution in [0.25, 0.3) is 0 Å². The average Bonchev–Trinajstić information content (AvgIpc) is 2.85. The first-order valence-corrected chi connectivity index (χ1v) is 6.87. The first kappa shape index (κ1) is 13.0. The monoisotopic (exact) mass is 276 g/mol. The minimum absolute atomic E-state index is 0.261. The van der Waals surface area contributed by atoms with Gasteiger partial charge in [-0.3, -0.25) is 0 Å². The molecule has 5 nitrogen and oxygen atoms in total. The van der Waals surface area contributed by atoms with Crippen molar-refractivity contribution in [2.24, 2.45) is 5.92 Å². The van der Waals surface area contributed by atoms with Crippen LogP contribution in [-0.2, 0) is 6.42 Å². The molecule has 0 amide bonds. The molecule has 3 heterocycles. The Morgan fingerprint density at radius 1 is 1.50 bits per heavy atom. The van der Waals surface area contributed by atoms with E-state index in [-0.39, 0.29) is 5.82 Å². The van der Waals surface area contributed by atoms with E-state index in [2.05, 4.69) is 15.1 Å².